The molecule has 0 radical (unpaired) electrons. The summed E-state index contributed by atoms with van der Waals surface area (Å²) in [5.74, 6) is 4.34. The molecule has 1 spiro atoms. The highest BCUT2D eigenvalue weighted by atomic mass is 16.4. The zero-order valence-corrected chi connectivity index (χ0v) is 6.79. The summed E-state index contributed by atoms with van der Waals surface area (Å²) in [5.41, 5.74) is 1.32. The summed E-state index contributed by atoms with van der Waals surface area (Å²) in [4.78, 5) is 10.5. The average molecular weight is 168 g/mol. The molecule has 0 saturated heterocycles. The Kier molecular flexibility index (Phi) is 1.40. The summed E-state index contributed by atoms with van der Waals surface area (Å²) in [6, 6.07) is 0. The van der Waals surface area contributed by atoms with Gasteiger partial charge in [0.2, 0.25) is 0 Å². The molecule has 0 bridgehead atoms. The molecule has 2 fully saturated rings. The van der Waals surface area contributed by atoms with Crippen LogP contribution in [0.15, 0.2) is 5.10 Å². The Hall–Kier alpha value is -1.06. The number of nitrogens with two attached hydrogens (primary N) is 1. The Balaban J connectivity index is 1.87. The molecule has 0 unspecified atom stereocenters. The molecule has 3 N–H and O–H groups in total. The molecule has 2 saturated carbocycles. The molecule has 12 heavy (non-hydrogen) atoms. The zero-order valence-electron chi connectivity index (χ0n) is 6.79. The van der Waals surface area contributed by atoms with E-state index in [1.54, 1.807) is 0 Å². The van der Waals surface area contributed by atoms with Crippen molar-refractivity contribution in [2.24, 2.45) is 22.3 Å². The summed E-state index contributed by atoms with van der Waals surface area (Å²) in [5, 5.41) is 12.3. The maximum Gasteiger partial charge on any atom is 0.306 e. The van der Waals surface area contributed by atoms with E-state index in [9.17, 15) is 4.79 Å². The van der Waals surface area contributed by atoms with Crippen LogP contribution in [-0.2, 0) is 4.79 Å². The number of carboxylic acid groups (broad SMARTS) is 1. The fourth-order valence-corrected chi connectivity index (χ4v) is 2.35. The molecule has 2 aliphatic rings. The van der Waals surface area contributed by atoms with Crippen LogP contribution in [0.4, 0.5) is 0 Å². The molecule has 4 nitrogen and oxygen atoms in total. The molecule has 0 amide bonds. The number of nitrogens with zero attached hydrogens (tertiary/aromatic N) is 1. The van der Waals surface area contributed by atoms with Crippen LogP contribution in [-0.4, -0.2) is 16.8 Å². The Labute approximate surface area is 70.4 Å². The van der Waals surface area contributed by atoms with E-state index in [2.05, 4.69) is 5.10 Å². The summed E-state index contributed by atoms with van der Waals surface area (Å²) in [6.45, 7) is 0. The Bertz CT molecular complexity index is 244. The van der Waals surface area contributed by atoms with E-state index in [0.717, 1.165) is 31.4 Å². The van der Waals surface area contributed by atoms with Crippen molar-refractivity contribution in [3.8, 4) is 0 Å². The smallest absolute Gasteiger partial charge is 0.306 e. The molecule has 2 aliphatic carbocycles. The summed E-state index contributed by atoms with van der Waals surface area (Å²) in [6.07, 6.45) is 3.49. The summed E-state index contributed by atoms with van der Waals surface area (Å²) >= 11 is 0. The van der Waals surface area contributed by atoms with E-state index in [1.807, 2.05) is 0 Å². The minimum atomic E-state index is -0.654. The third-order valence-electron chi connectivity index (χ3n) is 3.05. The second kappa shape index (κ2) is 2.21. The van der Waals surface area contributed by atoms with Crippen molar-refractivity contribution in [1.82, 2.24) is 0 Å². The number of carboxylic acids is 1. The predicted molar refractivity (Wildman–Crippen MR) is 43.6 cm³/mol. The van der Waals surface area contributed by atoms with Crippen LogP contribution in [0.25, 0.3) is 0 Å². The Morgan fingerprint density at radius 1 is 1.58 bits per heavy atom. The van der Waals surface area contributed by atoms with Gasteiger partial charge in [-0.3, -0.25) is 4.79 Å². The Morgan fingerprint density at radius 3 is 2.58 bits per heavy atom. The van der Waals surface area contributed by atoms with E-state index >= 15 is 0 Å². The molecule has 4 heteroatoms. The highest BCUT2D eigenvalue weighted by molar-refractivity contribution is 5.92. The van der Waals surface area contributed by atoms with Gasteiger partial charge in [0.25, 0.3) is 0 Å². The monoisotopic (exact) mass is 168 g/mol. The SMILES string of the molecule is NN=C1CC2(C1)CC(C(=O)O)C2. The van der Waals surface area contributed by atoms with E-state index < -0.39 is 5.97 Å². The molecule has 2 rings (SSSR count). The first kappa shape index (κ1) is 7.58. The van der Waals surface area contributed by atoms with Gasteiger partial charge in [-0.2, -0.15) is 5.10 Å². The maximum atomic E-state index is 10.5. The van der Waals surface area contributed by atoms with Crippen LogP contribution in [0.1, 0.15) is 25.7 Å². The second-order valence-electron chi connectivity index (χ2n) is 3.99. The minimum Gasteiger partial charge on any atom is -0.481 e. The molecular weight excluding hydrogens is 156 g/mol. The fourth-order valence-electron chi connectivity index (χ4n) is 2.35. The molecular formula is C8H12N2O2. The molecule has 0 aliphatic heterocycles. The van der Waals surface area contributed by atoms with E-state index in [4.69, 9.17) is 10.9 Å². The van der Waals surface area contributed by atoms with Gasteiger partial charge in [0.05, 0.1) is 5.92 Å². The van der Waals surface area contributed by atoms with Crippen LogP contribution < -0.4 is 5.84 Å². The van der Waals surface area contributed by atoms with Gasteiger partial charge in [-0.15, -0.1) is 0 Å². The zero-order chi connectivity index (χ0) is 8.77. The number of rotatable bonds is 1. The molecule has 0 heterocycles. The van der Waals surface area contributed by atoms with Crippen LogP contribution in [0, 0.1) is 11.3 Å². The van der Waals surface area contributed by atoms with Gasteiger partial charge >= 0.3 is 5.97 Å². The first-order chi connectivity index (χ1) is 5.65. The lowest BCUT2D eigenvalue weighted by Crippen LogP contribution is -2.50. The van der Waals surface area contributed by atoms with Crippen LogP contribution in [0.3, 0.4) is 0 Å². The van der Waals surface area contributed by atoms with Crippen molar-refractivity contribution in [1.29, 1.82) is 0 Å². The van der Waals surface area contributed by atoms with Crippen molar-refractivity contribution in [3.63, 3.8) is 0 Å². The van der Waals surface area contributed by atoms with Crippen LogP contribution in [0.5, 0.6) is 0 Å². The highest BCUT2D eigenvalue weighted by Gasteiger charge is 2.53. The minimum absolute atomic E-state index is 0.107. The third kappa shape index (κ3) is 0.906. The van der Waals surface area contributed by atoms with Gasteiger partial charge in [0.15, 0.2) is 0 Å². The molecule has 0 aromatic heterocycles. The van der Waals surface area contributed by atoms with Crippen molar-refractivity contribution in [2.45, 2.75) is 25.7 Å². The third-order valence-corrected chi connectivity index (χ3v) is 3.05. The van der Waals surface area contributed by atoms with Gasteiger partial charge < -0.3 is 10.9 Å². The topological polar surface area (TPSA) is 75.7 Å². The van der Waals surface area contributed by atoms with Crippen molar-refractivity contribution < 1.29 is 9.90 Å². The number of hydrogen-bond donors (Lipinski definition) is 2. The molecule has 66 valence electrons. The van der Waals surface area contributed by atoms with Crippen molar-refractivity contribution in [2.75, 3.05) is 0 Å². The van der Waals surface area contributed by atoms with Gasteiger partial charge in [-0.05, 0) is 31.1 Å². The lowest BCUT2D eigenvalue weighted by atomic mass is 9.51. The molecule has 0 aromatic carbocycles. The van der Waals surface area contributed by atoms with Gasteiger partial charge in [-0.25, -0.2) is 0 Å². The predicted octanol–water partition coefficient (Wildman–Crippen LogP) is 0.576. The molecule has 0 atom stereocenters. The normalized spacial score (nSPS) is 38.7. The second-order valence-corrected chi connectivity index (χ2v) is 3.99. The lowest BCUT2D eigenvalue weighted by Gasteiger charge is -2.52. The van der Waals surface area contributed by atoms with Crippen molar-refractivity contribution >= 4 is 11.7 Å². The average Bonchev–Trinajstić information content (AvgIpc) is 1.81. The summed E-state index contributed by atoms with van der Waals surface area (Å²) < 4.78 is 0. The summed E-state index contributed by atoms with van der Waals surface area (Å²) in [7, 11) is 0. The van der Waals surface area contributed by atoms with Gasteiger partial charge in [-0.1, -0.05) is 0 Å². The number of hydrogen-bond acceptors (Lipinski definition) is 3. The Morgan fingerprint density at radius 2 is 2.17 bits per heavy atom. The van der Waals surface area contributed by atoms with Crippen LogP contribution >= 0.6 is 0 Å². The maximum absolute atomic E-state index is 10.5. The molecule has 0 aromatic rings. The van der Waals surface area contributed by atoms with Crippen LogP contribution in [0.2, 0.25) is 0 Å². The largest absolute Gasteiger partial charge is 0.481 e. The van der Waals surface area contributed by atoms with E-state index in [-0.39, 0.29) is 11.3 Å². The standard InChI is InChI=1S/C8H12N2O2/c9-10-6-3-8(4-6)1-5(2-8)7(11)12/h5H,1-4,9H2,(H,11,12). The first-order valence-corrected chi connectivity index (χ1v) is 4.14. The van der Waals surface area contributed by atoms with Gasteiger partial charge in [0.1, 0.15) is 0 Å². The van der Waals surface area contributed by atoms with Gasteiger partial charge in [0, 0.05) is 5.71 Å². The number of hydrazone groups is 1. The lowest BCUT2D eigenvalue weighted by molar-refractivity contribution is -0.150. The highest BCUT2D eigenvalue weighted by Crippen LogP contribution is 2.57. The quantitative estimate of drug-likeness (QED) is 0.444. The van der Waals surface area contributed by atoms with Crippen molar-refractivity contribution in [3.05, 3.63) is 0 Å². The first-order valence-electron chi connectivity index (χ1n) is 4.14. The number of aliphatic carboxylic acids is 1. The van der Waals surface area contributed by atoms with E-state index in [1.165, 1.54) is 0 Å². The number of carbonyl (C=O) groups is 1. The van der Waals surface area contributed by atoms with E-state index in [0.29, 0.717) is 0 Å². The fraction of sp³-hybridized carbons (Fsp3) is 0.750.